The minimum Gasteiger partial charge on any atom is -0.497 e. The van der Waals surface area contributed by atoms with E-state index in [0.717, 1.165) is 34.5 Å². The van der Waals surface area contributed by atoms with Crippen LogP contribution in [-0.4, -0.2) is 24.5 Å². The van der Waals surface area contributed by atoms with Crippen LogP contribution in [0.3, 0.4) is 0 Å². The van der Waals surface area contributed by atoms with Crippen molar-refractivity contribution < 1.29 is 9.53 Å². The van der Waals surface area contributed by atoms with Gasteiger partial charge >= 0.3 is 0 Å². The normalized spacial score (nSPS) is 13.2. The molecule has 0 unspecified atom stereocenters. The van der Waals surface area contributed by atoms with Crippen LogP contribution in [0.5, 0.6) is 5.75 Å². The zero-order chi connectivity index (χ0) is 16.7. The number of pyridine rings is 1. The van der Waals surface area contributed by atoms with Crippen LogP contribution in [0, 0.1) is 6.92 Å². The highest BCUT2D eigenvalue weighted by Gasteiger charge is 2.27. The van der Waals surface area contributed by atoms with Gasteiger partial charge in [-0.25, -0.2) is 4.98 Å². The lowest BCUT2D eigenvalue weighted by Crippen LogP contribution is -2.29. The van der Waals surface area contributed by atoms with Gasteiger partial charge in [-0.3, -0.25) is 9.69 Å². The maximum Gasteiger partial charge on any atom is 0.259 e. The van der Waals surface area contributed by atoms with Crippen molar-refractivity contribution in [3.63, 3.8) is 0 Å². The zero-order valence-corrected chi connectivity index (χ0v) is 13.7. The van der Waals surface area contributed by atoms with Crippen molar-refractivity contribution in [2.75, 3.05) is 18.6 Å². The molecular weight excluding hydrogens is 300 g/mol. The molecule has 1 aliphatic rings. The lowest BCUT2D eigenvalue weighted by atomic mass is 10.1. The first-order valence-corrected chi connectivity index (χ1v) is 8.02. The van der Waals surface area contributed by atoms with Crippen LogP contribution in [-0.2, 0) is 6.42 Å². The molecule has 3 aromatic rings. The average molecular weight is 318 g/mol. The fourth-order valence-electron chi connectivity index (χ4n) is 3.15. The number of methoxy groups -OCH3 is 1. The number of hydrogen-bond acceptors (Lipinski definition) is 3. The van der Waals surface area contributed by atoms with E-state index in [0.29, 0.717) is 12.1 Å². The molecule has 4 heteroatoms. The van der Waals surface area contributed by atoms with Crippen molar-refractivity contribution in [1.82, 2.24) is 4.98 Å². The highest BCUT2D eigenvalue weighted by Crippen LogP contribution is 2.31. The molecule has 0 radical (unpaired) electrons. The Morgan fingerprint density at radius 3 is 2.67 bits per heavy atom. The SMILES string of the molecule is COc1ccc(C(=O)N2CCc3cc4ccc(C)cc4nc32)cc1. The van der Waals surface area contributed by atoms with Gasteiger partial charge in [0.25, 0.3) is 5.91 Å². The van der Waals surface area contributed by atoms with E-state index in [1.54, 1.807) is 36.3 Å². The molecule has 0 fully saturated rings. The van der Waals surface area contributed by atoms with Gasteiger partial charge in [-0.05, 0) is 60.9 Å². The summed E-state index contributed by atoms with van der Waals surface area (Å²) in [4.78, 5) is 19.4. The second-order valence-electron chi connectivity index (χ2n) is 6.10. The summed E-state index contributed by atoms with van der Waals surface area (Å²) in [6.07, 6.45) is 0.841. The molecule has 0 atom stereocenters. The number of fused-ring (bicyclic) bond motifs is 2. The number of ether oxygens (including phenoxy) is 1. The number of nitrogens with zero attached hydrogens (tertiary/aromatic N) is 2. The fraction of sp³-hybridized carbons (Fsp3) is 0.200. The molecule has 1 aromatic heterocycles. The molecule has 120 valence electrons. The molecule has 0 N–H and O–H groups in total. The summed E-state index contributed by atoms with van der Waals surface area (Å²) in [5.41, 5.74) is 3.88. The Bertz CT molecular complexity index is 932. The number of anilines is 1. The Kier molecular flexibility index (Phi) is 3.45. The number of aryl methyl sites for hydroxylation is 1. The van der Waals surface area contributed by atoms with E-state index in [1.807, 2.05) is 0 Å². The van der Waals surface area contributed by atoms with Gasteiger partial charge in [-0.2, -0.15) is 0 Å². The monoisotopic (exact) mass is 318 g/mol. The molecular formula is C20H18N2O2. The minimum absolute atomic E-state index is 0.0177. The first-order valence-electron chi connectivity index (χ1n) is 8.02. The van der Waals surface area contributed by atoms with Gasteiger partial charge in [0.2, 0.25) is 0 Å². The van der Waals surface area contributed by atoms with Crippen molar-refractivity contribution in [2.45, 2.75) is 13.3 Å². The van der Waals surface area contributed by atoms with Gasteiger partial charge < -0.3 is 4.74 Å². The second-order valence-corrected chi connectivity index (χ2v) is 6.10. The third kappa shape index (κ3) is 2.40. The summed E-state index contributed by atoms with van der Waals surface area (Å²) in [5.74, 6) is 1.51. The van der Waals surface area contributed by atoms with Crippen molar-refractivity contribution >= 4 is 22.6 Å². The second kappa shape index (κ2) is 5.64. The Morgan fingerprint density at radius 2 is 1.92 bits per heavy atom. The van der Waals surface area contributed by atoms with Crippen LogP contribution >= 0.6 is 0 Å². The van der Waals surface area contributed by atoms with Gasteiger partial charge in [-0.15, -0.1) is 0 Å². The molecule has 24 heavy (non-hydrogen) atoms. The van der Waals surface area contributed by atoms with Gasteiger partial charge in [0.1, 0.15) is 11.6 Å². The van der Waals surface area contributed by atoms with E-state index in [2.05, 4.69) is 31.2 Å². The van der Waals surface area contributed by atoms with Crippen molar-refractivity contribution in [3.05, 3.63) is 65.2 Å². The third-order valence-corrected chi connectivity index (χ3v) is 4.47. The van der Waals surface area contributed by atoms with Crippen molar-refractivity contribution in [3.8, 4) is 5.75 Å². The largest absolute Gasteiger partial charge is 0.497 e. The van der Waals surface area contributed by atoms with E-state index in [-0.39, 0.29) is 5.91 Å². The van der Waals surface area contributed by atoms with Crippen LogP contribution < -0.4 is 9.64 Å². The maximum absolute atomic E-state index is 12.9. The molecule has 0 spiro atoms. The molecule has 1 aliphatic heterocycles. The highest BCUT2D eigenvalue weighted by molar-refractivity contribution is 6.07. The van der Waals surface area contributed by atoms with Crippen LogP contribution in [0.25, 0.3) is 10.9 Å². The lowest BCUT2D eigenvalue weighted by Gasteiger charge is -2.17. The minimum atomic E-state index is -0.0177. The summed E-state index contributed by atoms with van der Waals surface area (Å²) in [7, 11) is 1.62. The molecule has 0 aliphatic carbocycles. The Balaban J connectivity index is 1.72. The van der Waals surface area contributed by atoms with E-state index >= 15 is 0 Å². The summed E-state index contributed by atoms with van der Waals surface area (Å²) in [6, 6.07) is 15.6. The molecule has 0 bridgehead atoms. The maximum atomic E-state index is 12.9. The smallest absolute Gasteiger partial charge is 0.259 e. The Morgan fingerprint density at radius 1 is 1.12 bits per heavy atom. The van der Waals surface area contributed by atoms with E-state index < -0.39 is 0 Å². The Labute approximate surface area is 140 Å². The highest BCUT2D eigenvalue weighted by atomic mass is 16.5. The molecule has 0 saturated heterocycles. The van der Waals surface area contributed by atoms with Crippen molar-refractivity contribution in [2.24, 2.45) is 0 Å². The Hall–Kier alpha value is -2.88. The summed E-state index contributed by atoms with van der Waals surface area (Å²) >= 11 is 0. The number of aromatic nitrogens is 1. The van der Waals surface area contributed by atoms with Crippen LogP contribution in [0.15, 0.2) is 48.5 Å². The molecule has 4 rings (SSSR count). The van der Waals surface area contributed by atoms with Crippen LogP contribution in [0.1, 0.15) is 21.5 Å². The molecule has 2 heterocycles. The van der Waals surface area contributed by atoms with Crippen molar-refractivity contribution in [1.29, 1.82) is 0 Å². The molecule has 4 nitrogen and oxygen atoms in total. The topological polar surface area (TPSA) is 42.4 Å². The van der Waals surface area contributed by atoms with E-state index in [9.17, 15) is 4.79 Å². The summed E-state index contributed by atoms with van der Waals surface area (Å²) < 4.78 is 5.15. The standard InChI is InChI=1S/C20H18N2O2/c1-13-3-4-15-12-16-9-10-22(19(16)21-18(15)11-13)20(23)14-5-7-17(24-2)8-6-14/h3-8,11-12H,9-10H2,1-2H3. The van der Waals surface area contributed by atoms with Crippen LogP contribution in [0.2, 0.25) is 0 Å². The number of hydrogen-bond donors (Lipinski definition) is 0. The van der Waals surface area contributed by atoms with Gasteiger partial charge in [0.15, 0.2) is 0 Å². The summed E-state index contributed by atoms with van der Waals surface area (Å²) in [5, 5.41) is 1.12. The first-order chi connectivity index (χ1) is 11.7. The number of carbonyl (C=O) groups excluding carboxylic acids is 1. The number of rotatable bonds is 2. The number of amides is 1. The lowest BCUT2D eigenvalue weighted by molar-refractivity contribution is 0.0988. The van der Waals surface area contributed by atoms with Gasteiger partial charge in [-0.1, -0.05) is 12.1 Å². The zero-order valence-electron chi connectivity index (χ0n) is 13.7. The summed E-state index contributed by atoms with van der Waals surface area (Å²) in [6.45, 7) is 2.72. The third-order valence-electron chi connectivity index (χ3n) is 4.47. The average Bonchev–Trinajstić information content (AvgIpc) is 3.02. The van der Waals surface area contributed by atoms with Gasteiger partial charge in [0.05, 0.1) is 12.6 Å². The fourth-order valence-corrected chi connectivity index (χ4v) is 3.15. The quantitative estimate of drug-likeness (QED) is 0.722. The van der Waals surface area contributed by atoms with Gasteiger partial charge in [0, 0.05) is 17.5 Å². The van der Waals surface area contributed by atoms with E-state index in [1.165, 1.54) is 5.56 Å². The number of carbonyl (C=O) groups is 1. The first kappa shape index (κ1) is 14.7. The molecule has 0 saturated carbocycles. The molecule has 2 aromatic carbocycles. The predicted octanol–water partition coefficient (Wildman–Crippen LogP) is 3.75. The van der Waals surface area contributed by atoms with E-state index in [4.69, 9.17) is 9.72 Å². The van der Waals surface area contributed by atoms with Crippen LogP contribution in [0.4, 0.5) is 5.82 Å². The molecule has 1 amide bonds. The predicted molar refractivity (Wildman–Crippen MR) is 94.9 cm³/mol. The number of benzene rings is 2.